The number of aliphatic hydroxyl groups is 2. The summed E-state index contributed by atoms with van der Waals surface area (Å²) in [5, 5.41) is 20.5. The molecule has 0 saturated carbocycles. The molecule has 9 nitrogen and oxygen atoms in total. The summed E-state index contributed by atoms with van der Waals surface area (Å²) in [7, 11) is 0. The predicted molar refractivity (Wildman–Crippen MR) is 92.2 cm³/mol. The van der Waals surface area contributed by atoms with Gasteiger partial charge in [0.25, 0.3) is 0 Å². The molecular weight excluding hydrogens is 360 g/mol. The molecule has 0 aromatic rings. The molecule has 27 heavy (non-hydrogen) atoms. The lowest BCUT2D eigenvalue weighted by atomic mass is 9.99. The van der Waals surface area contributed by atoms with Crippen LogP contribution in [0.4, 0.5) is 0 Å². The first-order chi connectivity index (χ1) is 12.6. The van der Waals surface area contributed by atoms with E-state index in [1.807, 2.05) is 20.8 Å². The summed E-state index contributed by atoms with van der Waals surface area (Å²) in [5.74, 6) is -2.12. The second-order valence-corrected chi connectivity index (χ2v) is 7.13. The third-order valence-corrected chi connectivity index (χ3v) is 4.17. The Morgan fingerprint density at radius 3 is 2.22 bits per heavy atom. The zero-order chi connectivity index (χ0) is 20.7. The molecule has 1 aliphatic heterocycles. The highest BCUT2D eigenvalue weighted by atomic mass is 16.7. The van der Waals surface area contributed by atoms with Gasteiger partial charge >= 0.3 is 17.9 Å². The molecule has 6 atom stereocenters. The number of carbonyl (C=O) groups excluding carboxylic acids is 3. The van der Waals surface area contributed by atoms with Crippen LogP contribution in [0.15, 0.2) is 0 Å². The lowest BCUT2D eigenvalue weighted by Crippen LogP contribution is -2.61. The van der Waals surface area contributed by atoms with Crippen molar-refractivity contribution in [1.82, 2.24) is 0 Å². The van der Waals surface area contributed by atoms with Gasteiger partial charge in [-0.15, -0.1) is 0 Å². The summed E-state index contributed by atoms with van der Waals surface area (Å²) in [6, 6.07) is 0. The van der Waals surface area contributed by atoms with Gasteiger partial charge in [0, 0.05) is 13.3 Å². The minimum absolute atomic E-state index is 0.0241. The van der Waals surface area contributed by atoms with Crippen LogP contribution in [0.3, 0.4) is 0 Å². The first-order valence-corrected chi connectivity index (χ1v) is 9.11. The van der Waals surface area contributed by atoms with Gasteiger partial charge in [0.2, 0.25) is 6.29 Å². The third-order valence-electron chi connectivity index (χ3n) is 4.17. The van der Waals surface area contributed by atoms with Crippen LogP contribution in [0.2, 0.25) is 0 Å². The molecule has 1 aliphatic rings. The average molecular weight is 390 g/mol. The van der Waals surface area contributed by atoms with Crippen molar-refractivity contribution in [1.29, 1.82) is 0 Å². The van der Waals surface area contributed by atoms with Crippen LogP contribution in [0.1, 0.15) is 47.5 Å². The summed E-state index contributed by atoms with van der Waals surface area (Å²) in [5.41, 5.74) is 0. The standard InChI is InChI=1S/C18H30O9/c1-6-10(4)17(23)24-8-12-14(21)15(22)16(25-11(5)19)18(26-12)27-13(20)7-9(2)3/h9-10,12,14-16,18,21-22H,6-8H2,1-5H3. The van der Waals surface area contributed by atoms with E-state index < -0.39 is 48.6 Å². The maximum absolute atomic E-state index is 12.0. The topological polar surface area (TPSA) is 129 Å². The van der Waals surface area contributed by atoms with Crippen molar-refractivity contribution in [3.63, 3.8) is 0 Å². The number of aliphatic hydroxyl groups excluding tert-OH is 2. The molecule has 1 saturated heterocycles. The zero-order valence-electron chi connectivity index (χ0n) is 16.4. The van der Waals surface area contributed by atoms with Gasteiger partial charge in [-0.25, -0.2) is 0 Å². The summed E-state index contributed by atoms with van der Waals surface area (Å²) in [6.07, 6.45) is -6.36. The fourth-order valence-corrected chi connectivity index (χ4v) is 2.44. The Morgan fingerprint density at radius 2 is 1.70 bits per heavy atom. The minimum Gasteiger partial charge on any atom is -0.463 e. The first kappa shape index (κ1) is 23.3. The third kappa shape index (κ3) is 7.08. The lowest BCUT2D eigenvalue weighted by molar-refractivity contribution is -0.296. The minimum atomic E-state index is -1.58. The average Bonchev–Trinajstić information content (AvgIpc) is 2.58. The van der Waals surface area contributed by atoms with Crippen LogP contribution in [-0.2, 0) is 33.3 Å². The van der Waals surface area contributed by atoms with Gasteiger partial charge in [-0.05, 0) is 12.3 Å². The maximum Gasteiger partial charge on any atom is 0.308 e. The molecule has 0 aromatic carbocycles. The van der Waals surface area contributed by atoms with Crippen LogP contribution in [0, 0.1) is 11.8 Å². The Morgan fingerprint density at radius 1 is 1.07 bits per heavy atom. The van der Waals surface area contributed by atoms with Crippen LogP contribution < -0.4 is 0 Å². The first-order valence-electron chi connectivity index (χ1n) is 9.11. The molecular formula is C18H30O9. The number of carbonyl (C=O) groups is 3. The van der Waals surface area contributed by atoms with E-state index in [0.717, 1.165) is 6.92 Å². The second-order valence-electron chi connectivity index (χ2n) is 7.13. The van der Waals surface area contributed by atoms with E-state index in [4.69, 9.17) is 18.9 Å². The normalized spacial score (nSPS) is 29.1. The Balaban J connectivity index is 2.85. The quantitative estimate of drug-likeness (QED) is 0.451. The van der Waals surface area contributed by atoms with Crippen molar-refractivity contribution in [3.05, 3.63) is 0 Å². The highest BCUT2D eigenvalue weighted by Crippen LogP contribution is 2.26. The molecule has 1 heterocycles. The van der Waals surface area contributed by atoms with Crippen molar-refractivity contribution < 1.29 is 43.5 Å². The molecule has 0 aromatic heterocycles. The molecule has 0 aliphatic carbocycles. The molecule has 0 radical (unpaired) electrons. The Hall–Kier alpha value is -1.71. The van der Waals surface area contributed by atoms with E-state index in [1.165, 1.54) is 0 Å². The number of hydrogen-bond acceptors (Lipinski definition) is 9. The van der Waals surface area contributed by atoms with Gasteiger partial charge in [0.05, 0.1) is 5.92 Å². The van der Waals surface area contributed by atoms with Crippen molar-refractivity contribution in [2.45, 2.75) is 78.2 Å². The Kier molecular flexibility index (Phi) is 9.14. The van der Waals surface area contributed by atoms with Gasteiger partial charge in [-0.3, -0.25) is 14.4 Å². The Bertz CT molecular complexity index is 519. The predicted octanol–water partition coefficient (Wildman–Crippen LogP) is 0.543. The highest BCUT2D eigenvalue weighted by Gasteiger charge is 2.48. The van der Waals surface area contributed by atoms with Crippen molar-refractivity contribution >= 4 is 17.9 Å². The van der Waals surface area contributed by atoms with Gasteiger partial charge in [0.1, 0.15) is 24.9 Å². The van der Waals surface area contributed by atoms with Crippen LogP contribution >= 0.6 is 0 Å². The highest BCUT2D eigenvalue weighted by molar-refractivity contribution is 5.72. The summed E-state index contributed by atoms with van der Waals surface area (Å²) in [4.78, 5) is 35.1. The number of ether oxygens (including phenoxy) is 4. The molecule has 9 heteroatoms. The molecule has 1 rings (SSSR count). The molecule has 0 amide bonds. The Labute approximate surface area is 158 Å². The monoisotopic (exact) mass is 390 g/mol. The van der Waals surface area contributed by atoms with Gasteiger partial charge in [-0.2, -0.15) is 0 Å². The lowest BCUT2D eigenvalue weighted by Gasteiger charge is -2.41. The fraction of sp³-hybridized carbons (Fsp3) is 0.833. The van der Waals surface area contributed by atoms with E-state index in [0.29, 0.717) is 6.42 Å². The molecule has 156 valence electrons. The molecule has 2 N–H and O–H groups in total. The van der Waals surface area contributed by atoms with E-state index in [1.54, 1.807) is 6.92 Å². The maximum atomic E-state index is 12.0. The summed E-state index contributed by atoms with van der Waals surface area (Å²) >= 11 is 0. The van der Waals surface area contributed by atoms with E-state index in [2.05, 4.69) is 0 Å². The summed E-state index contributed by atoms with van der Waals surface area (Å²) in [6.45, 7) is 7.95. The number of hydrogen-bond donors (Lipinski definition) is 2. The van der Waals surface area contributed by atoms with Crippen molar-refractivity contribution in [3.8, 4) is 0 Å². The molecule has 1 fully saturated rings. The van der Waals surface area contributed by atoms with Crippen LogP contribution in [0.25, 0.3) is 0 Å². The van der Waals surface area contributed by atoms with Gasteiger partial charge in [0.15, 0.2) is 6.10 Å². The summed E-state index contributed by atoms with van der Waals surface area (Å²) < 4.78 is 20.7. The number of rotatable bonds is 8. The molecule has 0 spiro atoms. The van der Waals surface area contributed by atoms with Crippen LogP contribution in [0.5, 0.6) is 0 Å². The largest absolute Gasteiger partial charge is 0.463 e. The SMILES string of the molecule is CCC(C)C(=O)OCC1OC(OC(=O)CC(C)C)C(OC(C)=O)C(O)C1O. The van der Waals surface area contributed by atoms with Crippen LogP contribution in [-0.4, -0.2) is 65.4 Å². The van der Waals surface area contributed by atoms with E-state index in [-0.39, 0.29) is 24.9 Å². The fourth-order valence-electron chi connectivity index (χ4n) is 2.44. The van der Waals surface area contributed by atoms with E-state index in [9.17, 15) is 24.6 Å². The van der Waals surface area contributed by atoms with Gasteiger partial charge < -0.3 is 29.2 Å². The molecule has 6 unspecified atom stereocenters. The van der Waals surface area contributed by atoms with Gasteiger partial charge in [-0.1, -0.05) is 27.7 Å². The number of esters is 3. The van der Waals surface area contributed by atoms with Crippen molar-refractivity contribution in [2.24, 2.45) is 11.8 Å². The zero-order valence-corrected chi connectivity index (χ0v) is 16.4. The second kappa shape index (κ2) is 10.6. The van der Waals surface area contributed by atoms with E-state index >= 15 is 0 Å². The van der Waals surface area contributed by atoms with Crippen molar-refractivity contribution in [2.75, 3.05) is 6.61 Å². The molecule has 0 bridgehead atoms. The smallest absolute Gasteiger partial charge is 0.308 e.